The van der Waals surface area contributed by atoms with Crippen LogP contribution in [0.2, 0.25) is 0 Å². The van der Waals surface area contributed by atoms with E-state index in [2.05, 4.69) is 19.2 Å². The number of hydrogen-bond acceptors (Lipinski definition) is 4. The third kappa shape index (κ3) is 2.71. The Morgan fingerprint density at radius 1 is 1.25 bits per heavy atom. The Morgan fingerprint density at radius 3 is 2.55 bits per heavy atom. The van der Waals surface area contributed by atoms with Crippen LogP contribution in [0.1, 0.15) is 25.8 Å². The third-order valence-corrected chi connectivity index (χ3v) is 3.46. The lowest BCUT2D eigenvalue weighted by atomic mass is 9.98. The van der Waals surface area contributed by atoms with E-state index in [9.17, 15) is 14.0 Å². The van der Waals surface area contributed by atoms with Crippen molar-refractivity contribution in [2.45, 2.75) is 26.7 Å². The maximum absolute atomic E-state index is 13.6. The predicted molar refractivity (Wildman–Crippen MR) is 78.6 cm³/mol. The van der Waals surface area contributed by atoms with Gasteiger partial charge in [0.05, 0.1) is 0 Å². The molecule has 2 aromatic carbocycles. The second kappa shape index (κ2) is 5.45. The van der Waals surface area contributed by atoms with Gasteiger partial charge in [-0.2, -0.15) is 0 Å². The zero-order chi connectivity index (χ0) is 14.9. The molecule has 0 aliphatic heterocycles. The lowest BCUT2D eigenvalue weighted by Gasteiger charge is -2.13. The van der Waals surface area contributed by atoms with Crippen LogP contribution in [0.25, 0.3) is 0 Å². The Bertz CT molecular complexity index is 702. The number of hydrogen-bond donors (Lipinski definition) is 2. The van der Waals surface area contributed by atoms with Crippen molar-refractivity contribution < 1.29 is 4.39 Å². The van der Waals surface area contributed by atoms with E-state index in [0.717, 1.165) is 18.4 Å². The van der Waals surface area contributed by atoms with Crippen molar-refractivity contribution in [2.75, 3.05) is 11.1 Å². The van der Waals surface area contributed by atoms with Crippen molar-refractivity contribution in [1.29, 1.82) is 0 Å². The summed E-state index contributed by atoms with van der Waals surface area (Å²) in [6, 6.07) is 4.52. The topological polar surface area (TPSA) is 72.2 Å². The largest absolute Gasteiger partial charge is 0.394 e. The molecule has 1 unspecified atom stereocenters. The summed E-state index contributed by atoms with van der Waals surface area (Å²) in [6.07, 6.45) is 1.76. The fourth-order valence-electron chi connectivity index (χ4n) is 2.06. The molecule has 106 valence electrons. The first-order valence-electron chi connectivity index (χ1n) is 6.57. The molecule has 0 aliphatic carbocycles. The number of anilines is 3. The van der Waals surface area contributed by atoms with Crippen molar-refractivity contribution in [3.8, 4) is 0 Å². The van der Waals surface area contributed by atoms with Crippen molar-refractivity contribution >= 4 is 17.1 Å². The van der Waals surface area contributed by atoms with Gasteiger partial charge >= 0.3 is 0 Å². The summed E-state index contributed by atoms with van der Waals surface area (Å²) in [7, 11) is 0. The monoisotopic (exact) mass is 276 g/mol. The van der Waals surface area contributed by atoms with E-state index in [0.29, 0.717) is 11.6 Å². The molecule has 0 saturated carbocycles. The van der Waals surface area contributed by atoms with E-state index in [-0.39, 0.29) is 17.2 Å². The van der Waals surface area contributed by atoms with Crippen LogP contribution in [0.15, 0.2) is 27.8 Å². The average Bonchev–Trinajstić information content (AvgIpc) is 2.42. The van der Waals surface area contributed by atoms with Gasteiger partial charge in [-0.1, -0.05) is 20.3 Å². The van der Waals surface area contributed by atoms with E-state index in [1.54, 1.807) is 6.07 Å². The Kier molecular flexibility index (Phi) is 3.88. The van der Waals surface area contributed by atoms with Gasteiger partial charge in [0.1, 0.15) is 17.2 Å². The van der Waals surface area contributed by atoms with Crippen LogP contribution < -0.4 is 21.9 Å². The molecule has 20 heavy (non-hydrogen) atoms. The highest BCUT2D eigenvalue weighted by molar-refractivity contribution is 5.76. The van der Waals surface area contributed by atoms with Gasteiger partial charge in [-0.25, -0.2) is 4.39 Å². The fraction of sp³-hybridized carbons (Fsp3) is 0.333. The molecule has 2 rings (SSSR count). The van der Waals surface area contributed by atoms with E-state index in [1.165, 1.54) is 12.1 Å². The lowest BCUT2D eigenvalue weighted by Crippen LogP contribution is -2.36. The summed E-state index contributed by atoms with van der Waals surface area (Å²) >= 11 is 0. The van der Waals surface area contributed by atoms with Crippen LogP contribution in [0.5, 0.6) is 0 Å². The zero-order valence-corrected chi connectivity index (χ0v) is 11.5. The minimum atomic E-state index is -0.691. The van der Waals surface area contributed by atoms with Gasteiger partial charge in [-0.05, 0) is 36.1 Å². The van der Waals surface area contributed by atoms with Crippen molar-refractivity contribution in [3.63, 3.8) is 0 Å². The quantitative estimate of drug-likeness (QED) is 0.822. The van der Waals surface area contributed by atoms with Crippen LogP contribution in [0.4, 0.5) is 21.5 Å². The summed E-state index contributed by atoms with van der Waals surface area (Å²) < 4.78 is 13.6. The van der Waals surface area contributed by atoms with E-state index < -0.39 is 10.9 Å². The molecule has 4 nitrogen and oxygen atoms in total. The smallest absolute Gasteiger partial charge is 0.253 e. The number of nitrogen functional groups attached to an aromatic ring is 1. The van der Waals surface area contributed by atoms with Gasteiger partial charge in [0.2, 0.25) is 0 Å². The number of rotatable bonds is 5. The standard InChI is InChI=1S/C15H17FN2O2/c1-3-8(2)4-9-5-10(16)7-11(6-9)18-13-12(17)14(19)15(13)20/h5-8,18H,3-4,17H2,1-2H3. The molecule has 0 radical (unpaired) electrons. The molecule has 0 heterocycles. The first-order chi connectivity index (χ1) is 9.42. The van der Waals surface area contributed by atoms with Crippen molar-refractivity contribution in [2.24, 2.45) is 5.92 Å². The summed E-state index contributed by atoms with van der Waals surface area (Å²) in [4.78, 5) is 22.4. The number of halogens is 1. The maximum atomic E-state index is 13.6. The van der Waals surface area contributed by atoms with Crippen LogP contribution in [0, 0.1) is 11.7 Å². The van der Waals surface area contributed by atoms with Gasteiger partial charge in [0.15, 0.2) is 0 Å². The van der Waals surface area contributed by atoms with Crippen LogP contribution in [-0.2, 0) is 6.42 Å². The van der Waals surface area contributed by atoms with Crippen molar-refractivity contribution in [3.05, 3.63) is 50.0 Å². The molecule has 1 atom stereocenters. The number of nitrogens with two attached hydrogens (primary N) is 1. The molecule has 0 aliphatic rings. The highest BCUT2D eigenvalue weighted by Gasteiger charge is 2.18. The summed E-state index contributed by atoms with van der Waals surface area (Å²) in [6.45, 7) is 4.17. The molecule has 0 saturated heterocycles. The van der Waals surface area contributed by atoms with Crippen LogP contribution >= 0.6 is 0 Å². The van der Waals surface area contributed by atoms with Crippen LogP contribution in [-0.4, -0.2) is 0 Å². The Balaban J connectivity index is 2.25. The van der Waals surface area contributed by atoms with Crippen molar-refractivity contribution in [1.82, 2.24) is 0 Å². The lowest BCUT2D eigenvalue weighted by molar-refractivity contribution is 0.556. The zero-order valence-electron chi connectivity index (χ0n) is 11.5. The molecule has 0 spiro atoms. The SMILES string of the molecule is CCC(C)Cc1cc(F)cc(Nc2c(N)c(=O)c2=O)c1. The highest BCUT2D eigenvalue weighted by Crippen LogP contribution is 2.22. The highest BCUT2D eigenvalue weighted by atomic mass is 19.1. The first kappa shape index (κ1) is 14.2. The van der Waals surface area contributed by atoms with E-state index in [4.69, 9.17) is 5.73 Å². The average molecular weight is 276 g/mol. The second-order valence-corrected chi connectivity index (χ2v) is 5.14. The minimum Gasteiger partial charge on any atom is -0.394 e. The van der Waals surface area contributed by atoms with Gasteiger partial charge in [-0.3, -0.25) is 9.59 Å². The third-order valence-electron chi connectivity index (χ3n) is 3.46. The van der Waals surface area contributed by atoms with Gasteiger partial charge in [-0.15, -0.1) is 0 Å². The number of benzene rings is 1. The molecule has 0 bridgehead atoms. The molecule has 3 N–H and O–H groups in total. The molecular formula is C15H17FN2O2. The summed E-state index contributed by atoms with van der Waals surface area (Å²) in [5, 5.41) is 2.73. The maximum Gasteiger partial charge on any atom is 0.253 e. The molecular weight excluding hydrogens is 259 g/mol. The van der Waals surface area contributed by atoms with Gasteiger partial charge in [0.25, 0.3) is 10.9 Å². The van der Waals surface area contributed by atoms with Gasteiger partial charge < -0.3 is 11.1 Å². The van der Waals surface area contributed by atoms with E-state index >= 15 is 0 Å². The Labute approximate surface area is 116 Å². The molecule has 2 aromatic rings. The van der Waals surface area contributed by atoms with Gasteiger partial charge in [0, 0.05) is 5.69 Å². The first-order valence-corrected chi connectivity index (χ1v) is 6.57. The summed E-state index contributed by atoms with van der Waals surface area (Å²) in [5.41, 5.74) is 5.32. The summed E-state index contributed by atoms with van der Waals surface area (Å²) in [5.74, 6) is 0.0615. The molecule has 0 aromatic heterocycles. The fourth-order valence-corrected chi connectivity index (χ4v) is 2.06. The van der Waals surface area contributed by atoms with E-state index in [1.807, 2.05) is 0 Å². The second-order valence-electron chi connectivity index (χ2n) is 5.14. The molecule has 0 amide bonds. The molecule has 0 fully saturated rings. The minimum absolute atomic E-state index is 0.0510. The predicted octanol–water partition coefficient (Wildman–Crippen LogP) is 2.34. The number of nitrogens with one attached hydrogen (secondary N) is 1. The Morgan fingerprint density at radius 2 is 1.95 bits per heavy atom. The van der Waals surface area contributed by atoms with Crippen LogP contribution in [0.3, 0.4) is 0 Å². The normalized spacial score (nSPS) is 12.6. The Hall–Kier alpha value is -2.17. The molecule has 5 heteroatoms.